The quantitative estimate of drug-likeness (QED) is 0.294. The minimum Gasteiger partial charge on any atom is -0.381 e. The van der Waals surface area contributed by atoms with Gasteiger partial charge < -0.3 is 16.4 Å². The molecule has 0 atom stereocenters. The van der Waals surface area contributed by atoms with E-state index in [9.17, 15) is 4.79 Å². The van der Waals surface area contributed by atoms with E-state index in [4.69, 9.17) is 11.1 Å². The van der Waals surface area contributed by atoms with Crippen molar-refractivity contribution in [3.05, 3.63) is 83.0 Å². The Morgan fingerprint density at radius 2 is 1.77 bits per heavy atom. The van der Waals surface area contributed by atoms with Crippen molar-refractivity contribution in [2.75, 3.05) is 18.8 Å². The lowest BCUT2D eigenvalue weighted by molar-refractivity contribution is 0.0951. The highest BCUT2D eigenvalue weighted by molar-refractivity contribution is 5.94. The van der Waals surface area contributed by atoms with Crippen LogP contribution in [0.2, 0.25) is 0 Å². The maximum absolute atomic E-state index is 12.6. The van der Waals surface area contributed by atoms with Gasteiger partial charge in [0.2, 0.25) is 0 Å². The number of aryl methyl sites for hydroxylation is 1. The van der Waals surface area contributed by atoms with Gasteiger partial charge >= 0.3 is 0 Å². The highest BCUT2D eigenvalue weighted by atomic mass is 16.1. The third-order valence-electron chi connectivity index (χ3n) is 5.80. The lowest BCUT2D eigenvalue weighted by atomic mass is 10.1. The number of unbranched alkanes of at least 4 members (excludes halogenated alkanes) is 1. The number of aromatic nitrogens is 2. The maximum Gasteiger partial charge on any atom is 0.251 e. The Bertz CT molecular complexity index is 1180. The van der Waals surface area contributed by atoms with Gasteiger partial charge in [-0.05, 0) is 62.0 Å². The number of carbonyl (C=O) groups excluding carboxylic acids is 1. The molecule has 184 valence electrons. The van der Waals surface area contributed by atoms with E-state index in [0.29, 0.717) is 12.1 Å². The van der Waals surface area contributed by atoms with Crippen molar-refractivity contribution in [3.63, 3.8) is 0 Å². The summed E-state index contributed by atoms with van der Waals surface area (Å²) in [6, 6.07) is 15.6. The minimum absolute atomic E-state index is 0.128. The lowest BCUT2D eigenvalue weighted by Gasteiger charge is -2.12. The average Bonchev–Trinajstić information content (AvgIpc) is 2.89. The summed E-state index contributed by atoms with van der Waals surface area (Å²) in [7, 11) is 0. The van der Waals surface area contributed by atoms with Crippen LogP contribution in [-0.2, 0) is 13.0 Å². The summed E-state index contributed by atoms with van der Waals surface area (Å²) in [6.45, 7) is 6.75. The fourth-order valence-corrected chi connectivity index (χ4v) is 3.66. The molecule has 7 nitrogen and oxygen atoms in total. The molecule has 0 unspecified atom stereocenters. The van der Waals surface area contributed by atoms with Crippen LogP contribution in [0.5, 0.6) is 0 Å². The molecule has 1 heterocycles. The third kappa shape index (κ3) is 7.39. The molecule has 0 aliphatic carbocycles. The standard InChI is InChI=1S/C28H36N6O/c1-3-16-31-17-6-5-7-18-34-25(20-32-26(29)27(34)30)23-12-14-24(15-13-23)28(35)33-19-22-10-8-21(4-2)9-11-22/h7-15,18,20,30-31H,3-6,16-17,19H2,1-2H3,(H2,29,32)(H,33,35)/b18-7+,30-27?. The van der Waals surface area contributed by atoms with Gasteiger partial charge in [-0.3, -0.25) is 14.8 Å². The predicted molar refractivity (Wildman–Crippen MR) is 143 cm³/mol. The zero-order valence-corrected chi connectivity index (χ0v) is 20.7. The van der Waals surface area contributed by atoms with E-state index in [0.717, 1.165) is 55.6 Å². The van der Waals surface area contributed by atoms with Crippen molar-refractivity contribution in [1.82, 2.24) is 20.2 Å². The summed E-state index contributed by atoms with van der Waals surface area (Å²) in [5.41, 5.74) is 10.6. The van der Waals surface area contributed by atoms with Crippen molar-refractivity contribution in [2.45, 2.75) is 46.1 Å². The van der Waals surface area contributed by atoms with Crippen LogP contribution < -0.4 is 21.9 Å². The molecule has 0 aliphatic rings. The van der Waals surface area contributed by atoms with Crippen LogP contribution in [0.1, 0.15) is 54.6 Å². The number of nitrogen functional groups attached to an aromatic ring is 1. The SMILES string of the molecule is CCCNCCC/C=C/n1c(-c2ccc(C(=O)NCc3ccc(CC)cc3)cc2)cnc(N)c1=N. The van der Waals surface area contributed by atoms with Crippen LogP contribution in [0.3, 0.4) is 0 Å². The number of hydrogen-bond donors (Lipinski definition) is 4. The molecule has 3 aromatic rings. The van der Waals surface area contributed by atoms with Crippen molar-refractivity contribution in [2.24, 2.45) is 0 Å². The van der Waals surface area contributed by atoms with Gasteiger partial charge in [0, 0.05) is 23.9 Å². The fourth-order valence-electron chi connectivity index (χ4n) is 3.66. The lowest BCUT2D eigenvalue weighted by Crippen LogP contribution is -2.23. The Balaban J connectivity index is 1.67. The van der Waals surface area contributed by atoms with Gasteiger partial charge in [-0.2, -0.15) is 0 Å². The van der Waals surface area contributed by atoms with Gasteiger partial charge in [-0.1, -0.05) is 56.3 Å². The van der Waals surface area contributed by atoms with Crippen molar-refractivity contribution in [1.29, 1.82) is 5.41 Å². The highest BCUT2D eigenvalue weighted by Crippen LogP contribution is 2.19. The summed E-state index contributed by atoms with van der Waals surface area (Å²) in [5, 5.41) is 14.7. The number of benzene rings is 2. The van der Waals surface area contributed by atoms with E-state index in [-0.39, 0.29) is 17.2 Å². The van der Waals surface area contributed by atoms with Crippen LogP contribution in [0, 0.1) is 5.41 Å². The number of amides is 1. The monoisotopic (exact) mass is 472 g/mol. The molecule has 5 N–H and O–H groups in total. The number of hydrogen-bond acceptors (Lipinski definition) is 5. The molecule has 7 heteroatoms. The number of nitrogens with two attached hydrogens (primary N) is 1. The molecule has 0 spiro atoms. The first-order valence-corrected chi connectivity index (χ1v) is 12.3. The fraction of sp³-hybridized carbons (Fsp3) is 0.321. The first kappa shape index (κ1) is 25.9. The molecular weight excluding hydrogens is 436 g/mol. The van der Waals surface area contributed by atoms with Crippen molar-refractivity contribution >= 4 is 17.9 Å². The Kier molecular flexibility index (Phi) is 9.80. The number of anilines is 1. The molecule has 0 saturated heterocycles. The molecule has 3 rings (SSSR count). The van der Waals surface area contributed by atoms with E-state index in [1.54, 1.807) is 22.9 Å². The Labute approximate surface area is 207 Å². The topological polar surface area (TPSA) is 109 Å². The number of rotatable bonds is 12. The van der Waals surface area contributed by atoms with Crippen molar-refractivity contribution in [3.8, 4) is 11.3 Å². The first-order chi connectivity index (χ1) is 17.0. The van der Waals surface area contributed by atoms with Gasteiger partial charge in [0.25, 0.3) is 5.91 Å². The summed E-state index contributed by atoms with van der Waals surface area (Å²) in [6.07, 6.45) is 9.62. The molecule has 35 heavy (non-hydrogen) atoms. The van der Waals surface area contributed by atoms with Gasteiger partial charge in [0.15, 0.2) is 11.3 Å². The summed E-state index contributed by atoms with van der Waals surface area (Å²) in [4.78, 5) is 16.8. The minimum atomic E-state index is -0.128. The van der Waals surface area contributed by atoms with Crippen LogP contribution in [0.15, 0.2) is 60.8 Å². The van der Waals surface area contributed by atoms with E-state index in [1.807, 2.05) is 36.5 Å². The van der Waals surface area contributed by atoms with Crippen molar-refractivity contribution < 1.29 is 4.79 Å². The molecule has 0 saturated carbocycles. The number of allylic oxidation sites excluding steroid dienone is 1. The molecule has 2 aromatic carbocycles. The summed E-state index contributed by atoms with van der Waals surface area (Å²) >= 11 is 0. The number of nitrogens with zero attached hydrogens (tertiary/aromatic N) is 2. The van der Waals surface area contributed by atoms with Gasteiger partial charge in [0.1, 0.15) is 0 Å². The molecule has 0 bridgehead atoms. The Hall–Kier alpha value is -3.71. The molecule has 0 radical (unpaired) electrons. The van der Waals surface area contributed by atoms with E-state index < -0.39 is 0 Å². The van der Waals surface area contributed by atoms with Crippen LogP contribution in [0.25, 0.3) is 17.5 Å². The van der Waals surface area contributed by atoms with Gasteiger partial charge in [0.05, 0.1) is 11.9 Å². The highest BCUT2D eigenvalue weighted by Gasteiger charge is 2.09. The average molecular weight is 473 g/mol. The van der Waals surface area contributed by atoms with Gasteiger partial charge in [-0.15, -0.1) is 0 Å². The number of carbonyl (C=O) groups is 1. The second kappa shape index (κ2) is 13.2. The Morgan fingerprint density at radius 1 is 1.06 bits per heavy atom. The van der Waals surface area contributed by atoms with Crippen LogP contribution in [0.4, 0.5) is 5.82 Å². The molecule has 1 amide bonds. The third-order valence-corrected chi connectivity index (χ3v) is 5.80. The number of nitrogens with one attached hydrogen (secondary N) is 3. The molecule has 0 aliphatic heterocycles. The smallest absolute Gasteiger partial charge is 0.251 e. The second-order valence-corrected chi connectivity index (χ2v) is 8.45. The normalized spacial score (nSPS) is 11.1. The van der Waals surface area contributed by atoms with Crippen LogP contribution >= 0.6 is 0 Å². The largest absolute Gasteiger partial charge is 0.381 e. The molecule has 0 fully saturated rings. The molecular formula is C28H36N6O. The zero-order valence-electron chi connectivity index (χ0n) is 20.7. The zero-order chi connectivity index (χ0) is 25.0. The summed E-state index contributed by atoms with van der Waals surface area (Å²) in [5.74, 6) is 0.0446. The van der Waals surface area contributed by atoms with E-state index in [2.05, 4.69) is 41.6 Å². The second-order valence-electron chi connectivity index (χ2n) is 8.45. The van der Waals surface area contributed by atoms with Crippen LogP contribution in [-0.4, -0.2) is 28.5 Å². The Morgan fingerprint density at radius 3 is 2.46 bits per heavy atom. The molecule has 1 aromatic heterocycles. The first-order valence-electron chi connectivity index (χ1n) is 12.3. The van der Waals surface area contributed by atoms with E-state index >= 15 is 0 Å². The maximum atomic E-state index is 12.6. The summed E-state index contributed by atoms with van der Waals surface area (Å²) < 4.78 is 1.73. The van der Waals surface area contributed by atoms with Gasteiger partial charge in [-0.25, -0.2) is 4.98 Å². The van der Waals surface area contributed by atoms with E-state index in [1.165, 1.54) is 5.56 Å². The predicted octanol–water partition coefficient (Wildman–Crippen LogP) is 4.35.